The summed E-state index contributed by atoms with van der Waals surface area (Å²) in [6, 6.07) is 14.0. The smallest absolute Gasteiger partial charge is 0.267 e. The molecule has 0 radical (unpaired) electrons. The molecule has 1 saturated heterocycles. The molecule has 1 amide bonds. The molecule has 0 atom stereocenters. The molecule has 0 bridgehead atoms. The second kappa shape index (κ2) is 10.4. The molecule has 3 aromatic rings. The normalized spacial score (nSPS) is 12.6. The zero-order valence-corrected chi connectivity index (χ0v) is 15.8. The summed E-state index contributed by atoms with van der Waals surface area (Å²) in [4.78, 5) is 14.7. The largest absolute Gasteiger partial charge is 0.354 e. The summed E-state index contributed by atoms with van der Waals surface area (Å²) in [6.45, 7) is 2.50. The Morgan fingerprint density at radius 3 is 2.19 bits per heavy atom. The van der Waals surface area contributed by atoms with Gasteiger partial charge in [0.05, 0.1) is 0 Å². The number of fused-ring (bicyclic) bond motifs is 1. The molecule has 27 heavy (non-hydrogen) atoms. The number of carbonyl (C=O) groups excluding carboxylic acids is 1. The van der Waals surface area contributed by atoms with Gasteiger partial charge >= 0.3 is 0 Å². The summed E-state index contributed by atoms with van der Waals surface area (Å²) < 4.78 is 12.9. The van der Waals surface area contributed by atoms with E-state index in [4.69, 9.17) is 0 Å². The van der Waals surface area contributed by atoms with E-state index < -0.39 is 0 Å². The average molecular weight is 370 g/mol. The SMILES string of the molecule is C1CCNC1.CN.CNC(=O)c1cc2ccc(-c3ccc(F)cc3)cc2[nH]1. The molecule has 2 heterocycles. The fraction of sp³-hybridized carbons (Fsp3) is 0.286. The van der Waals surface area contributed by atoms with Crippen molar-refractivity contribution < 1.29 is 9.18 Å². The first kappa shape index (κ1) is 20.6. The van der Waals surface area contributed by atoms with Crippen LogP contribution in [0.15, 0.2) is 48.5 Å². The Bertz CT molecular complexity index is 847. The summed E-state index contributed by atoms with van der Waals surface area (Å²) in [5.74, 6) is -0.402. The Labute approximate surface area is 159 Å². The van der Waals surface area contributed by atoms with Crippen molar-refractivity contribution in [2.24, 2.45) is 5.73 Å². The van der Waals surface area contributed by atoms with Crippen LogP contribution in [0.2, 0.25) is 0 Å². The highest BCUT2D eigenvalue weighted by molar-refractivity contribution is 5.98. The fourth-order valence-corrected chi connectivity index (χ4v) is 2.83. The molecule has 0 saturated carbocycles. The lowest BCUT2D eigenvalue weighted by Crippen LogP contribution is -2.17. The van der Waals surface area contributed by atoms with Gasteiger partial charge in [0.15, 0.2) is 0 Å². The van der Waals surface area contributed by atoms with E-state index in [1.807, 2.05) is 24.3 Å². The first-order chi connectivity index (χ1) is 13.2. The minimum Gasteiger partial charge on any atom is -0.354 e. The van der Waals surface area contributed by atoms with Gasteiger partial charge in [-0.1, -0.05) is 24.3 Å². The fourth-order valence-electron chi connectivity index (χ4n) is 2.83. The number of nitrogens with two attached hydrogens (primary N) is 1. The van der Waals surface area contributed by atoms with Gasteiger partial charge in [-0.15, -0.1) is 0 Å². The lowest BCUT2D eigenvalue weighted by molar-refractivity contribution is 0.0959. The van der Waals surface area contributed by atoms with Crippen molar-refractivity contribution in [3.05, 3.63) is 60.0 Å². The van der Waals surface area contributed by atoms with Gasteiger partial charge < -0.3 is 21.4 Å². The van der Waals surface area contributed by atoms with E-state index in [1.54, 1.807) is 19.2 Å². The maximum atomic E-state index is 12.9. The van der Waals surface area contributed by atoms with Gasteiger partial charge in [0.1, 0.15) is 11.5 Å². The molecular formula is C21H27FN4O. The molecule has 1 aliphatic rings. The number of carbonyl (C=O) groups is 1. The third kappa shape index (κ3) is 5.64. The Balaban J connectivity index is 0.000000318. The first-order valence-electron chi connectivity index (χ1n) is 9.06. The van der Waals surface area contributed by atoms with Crippen molar-refractivity contribution in [2.75, 3.05) is 27.2 Å². The Kier molecular flexibility index (Phi) is 7.98. The highest BCUT2D eigenvalue weighted by atomic mass is 19.1. The number of hydrogen-bond donors (Lipinski definition) is 4. The number of H-pyrrole nitrogens is 1. The number of hydrogen-bond acceptors (Lipinski definition) is 3. The van der Waals surface area contributed by atoms with Crippen LogP contribution in [-0.4, -0.2) is 38.1 Å². The standard InChI is InChI=1S/C16H13FN2O.C4H9N.CH5N/c1-18-16(20)15-9-12-3-2-11(8-14(12)19-15)10-4-6-13(17)7-5-10;1-2-4-5-3-1;1-2/h2-9,19H,1H3,(H,18,20);5H,1-4H2;2H2,1H3. The van der Waals surface area contributed by atoms with Crippen LogP contribution in [0.25, 0.3) is 22.0 Å². The van der Waals surface area contributed by atoms with Crippen LogP contribution in [0.4, 0.5) is 4.39 Å². The minimum absolute atomic E-state index is 0.149. The molecule has 5 N–H and O–H groups in total. The van der Waals surface area contributed by atoms with Gasteiger partial charge in [0, 0.05) is 18.0 Å². The van der Waals surface area contributed by atoms with E-state index in [-0.39, 0.29) is 11.7 Å². The zero-order valence-electron chi connectivity index (χ0n) is 15.8. The number of rotatable bonds is 2. The van der Waals surface area contributed by atoms with Gasteiger partial charge in [-0.3, -0.25) is 4.79 Å². The number of aromatic amines is 1. The highest BCUT2D eigenvalue weighted by Crippen LogP contribution is 2.25. The van der Waals surface area contributed by atoms with E-state index >= 15 is 0 Å². The summed E-state index contributed by atoms with van der Waals surface area (Å²) in [6.07, 6.45) is 2.78. The van der Waals surface area contributed by atoms with Crippen molar-refractivity contribution in [1.82, 2.24) is 15.6 Å². The third-order valence-corrected chi connectivity index (χ3v) is 4.23. The topological polar surface area (TPSA) is 82.9 Å². The van der Waals surface area contributed by atoms with Crippen molar-refractivity contribution in [2.45, 2.75) is 12.8 Å². The van der Waals surface area contributed by atoms with E-state index in [1.165, 1.54) is 45.1 Å². The number of benzene rings is 2. The Morgan fingerprint density at radius 1 is 1.00 bits per heavy atom. The first-order valence-corrected chi connectivity index (χ1v) is 9.06. The molecule has 4 rings (SSSR count). The second-order valence-electron chi connectivity index (χ2n) is 6.03. The molecule has 1 aliphatic heterocycles. The number of halogens is 1. The monoisotopic (exact) mass is 370 g/mol. The van der Waals surface area contributed by atoms with Crippen LogP contribution < -0.4 is 16.4 Å². The summed E-state index contributed by atoms with van der Waals surface area (Å²) in [5, 5.41) is 6.77. The van der Waals surface area contributed by atoms with Crippen molar-refractivity contribution in [3.63, 3.8) is 0 Å². The maximum Gasteiger partial charge on any atom is 0.267 e. The second-order valence-corrected chi connectivity index (χ2v) is 6.03. The van der Waals surface area contributed by atoms with Gasteiger partial charge in [-0.2, -0.15) is 0 Å². The zero-order chi connectivity index (χ0) is 19.6. The van der Waals surface area contributed by atoms with E-state index in [0.717, 1.165) is 22.0 Å². The predicted molar refractivity (Wildman–Crippen MR) is 109 cm³/mol. The molecule has 0 spiro atoms. The van der Waals surface area contributed by atoms with Crippen molar-refractivity contribution >= 4 is 16.8 Å². The minimum atomic E-state index is -0.253. The predicted octanol–water partition coefficient (Wildman–Crippen LogP) is 3.28. The molecule has 1 fully saturated rings. The van der Waals surface area contributed by atoms with E-state index in [2.05, 4.69) is 21.4 Å². The molecule has 2 aromatic carbocycles. The van der Waals surface area contributed by atoms with Gasteiger partial charge in [0.2, 0.25) is 0 Å². The van der Waals surface area contributed by atoms with Crippen molar-refractivity contribution in [3.8, 4) is 11.1 Å². The Hall–Kier alpha value is -2.70. The highest BCUT2D eigenvalue weighted by Gasteiger charge is 2.08. The summed E-state index contributed by atoms with van der Waals surface area (Å²) >= 11 is 0. The number of aromatic nitrogens is 1. The van der Waals surface area contributed by atoms with Crippen LogP contribution in [0.5, 0.6) is 0 Å². The van der Waals surface area contributed by atoms with Crippen LogP contribution >= 0.6 is 0 Å². The summed E-state index contributed by atoms with van der Waals surface area (Å²) in [7, 11) is 3.10. The lowest BCUT2D eigenvalue weighted by atomic mass is 10.0. The summed E-state index contributed by atoms with van der Waals surface area (Å²) in [5.41, 5.74) is 7.82. The molecular weight excluding hydrogens is 343 g/mol. The van der Waals surface area contributed by atoms with E-state index in [0.29, 0.717) is 5.69 Å². The maximum absolute atomic E-state index is 12.9. The molecule has 0 aliphatic carbocycles. The van der Waals surface area contributed by atoms with Gasteiger partial charge in [-0.25, -0.2) is 4.39 Å². The van der Waals surface area contributed by atoms with Crippen LogP contribution in [0.1, 0.15) is 23.3 Å². The number of nitrogens with one attached hydrogen (secondary N) is 3. The molecule has 1 aromatic heterocycles. The van der Waals surface area contributed by atoms with Crippen LogP contribution in [-0.2, 0) is 0 Å². The molecule has 144 valence electrons. The molecule has 0 unspecified atom stereocenters. The third-order valence-electron chi connectivity index (χ3n) is 4.23. The van der Waals surface area contributed by atoms with Crippen LogP contribution in [0, 0.1) is 5.82 Å². The van der Waals surface area contributed by atoms with Gasteiger partial charge in [-0.05, 0) is 68.4 Å². The number of amides is 1. The quantitative estimate of drug-likeness (QED) is 0.559. The lowest BCUT2D eigenvalue weighted by Gasteiger charge is -2.01. The molecule has 5 nitrogen and oxygen atoms in total. The average Bonchev–Trinajstić information content (AvgIpc) is 3.42. The van der Waals surface area contributed by atoms with Crippen molar-refractivity contribution in [1.29, 1.82) is 0 Å². The van der Waals surface area contributed by atoms with Gasteiger partial charge in [0.25, 0.3) is 5.91 Å². The Morgan fingerprint density at radius 2 is 1.63 bits per heavy atom. The van der Waals surface area contributed by atoms with E-state index in [9.17, 15) is 9.18 Å². The molecule has 6 heteroatoms. The van der Waals surface area contributed by atoms with Crippen LogP contribution in [0.3, 0.4) is 0 Å².